The number of urea groups is 1. The van der Waals surface area contributed by atoms with E-state index >= 15 is 0 Å². The highest BCUT2D eigenvalue weighted by atomic mass is 16.4. The first-order valence-corrected chi connectivity index (χ1v) is 7.57. The molecule has 1 saturated carbocycles. The molecule has 21 heavy (non-hydrogen) atoms. The molecule has 2 unspecified atom stereocenters. The van der Waals surface area contributed by atoms with Gasteiger partial charge in [-0.1, -0.05) is 12.8 Å². The van der Waals surface area contributed by atoms with Gasteiger partial charge in [-0.3, -0.25) is 4.79 Å². The molecule has 0 radical (unpaired) electrons. The Balaban J connectivity index is 1.97. The zero-order valence-electron chi connectivity index (χ0n) is 12.1. The molecule has 0 aromatic carbocycles. The van der Waals surface area contributed by atoms with Gasteiger partial charge in [0.05, 0.1) is 6.42 Å². The van der Waals surface area contributed by atoms with Crippen molar-refractivity contribution in [2.45, 2.75) is 57.0 Å². The van der Waals surface area contributed by atoms with E-state index in [9.17, 15) is 14.4 Å². The fourth-order valence-electron chi connectivity index (χ4n) is 3.51. The van der Waals surface area contributed by atoms with Crippen LogP contribution < -0.4 is 11.1 Å². The van der Waals surface area contributed by atoms with Crippen LogP contribution in [0.3, 0.4) is 0 Å². The molecule has 7 nitrogen and oxygen atoms in total. The maximum absolute atomic E-state index is 12.3. The number of amides is 3. The van der Waals surface area contributed by atoms with Gasteiger partial charge in [0.15, 0.2) is 0 Å². The Kier molecular flexibility index (Phi) is 5.03. The predicted octanol–water partition coefficient (Wildman–Crippen LogP) is 0.679. The molecule has 3 amide bonds. The number of likely N-dealkylation sites (tertiary alicyclic amines) is 1. The van der Waals surface area contributed by atoms with E-state index in [1.54, 1.807) is 4.90 Å². The number of nitrogens with one attached hydrogen (secondary N) is 1. The average Bonchev–Trinajstić information content (AvgIpc) is 3.07. The highest BCUT2D eigenvalue weighted by Gasteiger charge is 2.37. The third kappa shape index (κ3) is 3.86. The smallest absolute Gasteiger partial charge is 0.326 e. The van der Waals surface area contributed by atoms with Crippen LogP contribution in [-0.4, -0.2) is 46.5 Å². The number of rotatable bonds is 5. The molecule has 1 aliphatic heterocycles. The summed E-state index contributed by atoms with van der Waals surface area (Å²) in [7, 11) is 0. The first kappa shape index (κ1) is 15.6. The van der Waals surface area contributed by atoms with Gasteiger partial charge in [-0.15, -0.1) is 0 Å². The van der Waals surface area contributed by atoms with Gasteiger partial charge in [0.1, 0.15) is 6.04 Å². The Bertz CT molecular complexity index is 420. The quantitative estimate of drug-likeness (QED) is 0.692. The number of aliphatic carboxylic acids is 1. The minimum atomic E-state index is -1.25. The molecular formula is C14H23N3O4. The lowest BCUT2D eigenvalue weighted by atomic mass is 9.96. The lowest BCUT2D eigenvalue weighted by Gasteiger charge is -2.30. The first-order valence-electron chi connectivity index (χ1n) is 7.57. The van der Waals surface area contributed by atoms with Gasteiger partial charge >= 0.3 is 12.0 Å². The SMILES string of the molecule is NC(=O)CC(NC(=O)N1CCCC1C1CCCC1)C(=O)O. The van der Waals surface area contributed by atoms with Crippen LogP contribution in [0.1, 0.15) is 44.9 Å². The van der Waals surface area contributed by atoms with E-state index in [1.165, 1.54) is 12.8 Å². The van der Waals surface area contributed by atoms with Crippen LogP contribution in [0.15, 0.2) is 0 Å². The highest BCUT2D eigenvalue weighted by Crippen LogP contribution is 2.35. The maximum atomic E-state index is 12.3. The number of nitrogens with zero attached hydrogens (tertiary/aromatic N) is 1. The van der Waals surface area contributed by atoms with Crippen molar-refractivity contribution in [3.05, 3.63) is 0 Å². The molecule has 1 aliphatic carbocycles. The van der Waals surface area contributed by atoms with Gasteiger partial charge in [0.25, 0.3) is 0 Å². The summed E-state index contributed by atoms with van der Waals surface area (Å²) in [6.07, 6.45) is 6.22. The minimum Gasteiger partial charge on any atom is -0.480 e. The van der Waals surface area contributed by atoms with Gasteiger partial charge in [0, 0.05) is 12.6 Å². The number of hydrogen-bond acceptors (Lipinski definition) is 3. The van der Waals surface area contributed by atoms with Crippen LogP contribution >= 0.6 is 0 Å². The largest absolute Gasteiger partial charge is 0.480 e. The van der Waals surface area contributed by atoms with Crippen molar-refractivity contribution < 1.29 is 19.5 Å². The Morgan fingerprint density at radius 3 is 2.43 bits per heavy atom. The summed E-state index contributed by atoms with van der Waals surface area (Å²) in [4.78, 5) is 36.0. The second-order valence-electron chi connectivity index (χ2n) is 5.96. The normalized spacial score (nSPS) is 24.0. The second-order valence-corrected chi connectivity index (χ2v) is 5.96. The third-order valence-corrected chi connectivity index (χ3v) is 4.51. The highest BCUT2D eigenvalue weighted by molar-refractivity contribution is 5.87. The van der Waals surface area contributed by atoms with E-state index in [0.29, 0.717) is 12.5 Å². The molecule has 0 bridgehead atoms. The van der Waals surface area contributed by atoms with Crippen molar-refractivity contribution >= 4 is 17.9 Å². The summed E-state index contributed by atoms with van der Waals surface area (Å²) in [6, 6.07) is -1.44. The molecule has 2 atom stereocenters. The molecule has 1 saturated heterocycles. The molecule has 1 heterocycles. The number of primary amides is 1. The molecule has 2 aliphatic rings. The number of carboxylic acid groups (broad SMARTS) is 1. The third-order valence-electron chi connectivity index (χ3n) is 4.51. The molecule has 2 rings (SSSR count). The lowest BCUT2D eigenvalue weighted by molar-refractivity contribution is -0.141. The van der Waals surface area contributed by atoms with Crippen molar-refractivity contribution in [1.82, 2.24) is 10.2 Å². The average molecular weight is 297 g/mol. The van der Waals surface area contributed by atoms with E-state index in [2.05, 4.69) is 5.32 Å². The monoisotopic (exact) mass is 297 g/mol. The summed E-state index contributed by atoms with van der Waals surface area (Å²) in [6.45, 7) is 0.649. The molecule has 7 heteroatoms. The zero-order chi connectivity index (χ0) is 15.4. The Morgan fingerprint density at radius 1 is 1.19 bits per heavy atom. The number of carboxylic acids is 1. The molecular weight excluding hydrogens is 274 g/mol. The summed E-state index contributed by atoms with van der Waals surface area (Å²) in [5.74, 6) is -1.45. The van der Waals surface area contributed by atoms with Crippen LogP contribution in [0.2, 0.25) is 0 Å². The molecule has 0 spiro atoms. The van der Waals surface area contributed by atoms with Gasteiger partial charge < -0.3 is 21.1 Å². The van der Waals surface area contributed by atoms with Crippen LogP contribution in [0.4, 0.5) is 4.79 Å². The fraction of sp³-hybridized carbons (Fsp3) is 0.786. The minimum absolute atomic E-state index is 0.204. The topological polar surface area (TPSA) is 113 Å². The van der Waals surface area contributed by atoms with Gasteiger partial charge in [-0.05, 0) is 31.6 Å². The summed E-state index contributed by atoms with van der Waals surface area (Å²) >= 11 is 0. The van der Waals surface area contributed by atoms with Crippen LogP contribution in [0, 0.1) is 5.92 Å². The Labute approximate surface area is 123 Å². The summed E-state index contributed by atoms with van der Waals surface area (Å²) in [5, 5.41) is 11.5. The number of nitrogens with two attached hydrogens (primary N) is 1. The van der Waals surface area contributed by atoms with E-state index in [0.717, 1.165) is 25.7 Å². The second kappa shape index (κ2) is 6.78. The van der Waals surface area contributed by atoms with Crippen molar-refractivity contribution in [2.24, 2.45) is 11.7 Å². The summed E-state index contributed by atoms with van der Waals surface area (Å²) < 4.78 is 0. The summed E-state index contributed by atoms with van der Waals surface area (Å²) in [5.41, 5.74) is 5.02. The molecule has 2 fully saturated rings. The van der Waals surface area contributed by atoms with Gasteiger partial charge in [-0.25, -0.2) is 9.59 Å². The Morgan fingerprint density at radius 2 is 1.86 bits per heavy atom. The molecule has 0 aromatic heterocycles. The molecule has 118 valence electrons. The maximum Gasteiger partial charge on any atom is 0.326 e. The number of carbonyl (C=O) groups is 3. The predicted molar refractivity (Wildman–Crippen MR) is 75.5 cm³/mol. The van der Waals surface area contributed by atoms with Crippen molar-refractivity contribution in [3.8, 4) is 0 Å². The van der Waals surface area contributed by atoms with Gasteiger partial charge in [0.2, 0.25) is 5.91 Å². The van der Waals surface area contributed by atoms with Gasteiger partial charge in [-0.2, -0.15) is 0 Å². The van der Waals surface area contributed by atoms with Crippen molar-refractivity contribution in [2.75, 3.05) is 6.54 Å². The van der Waals surface area contributed by atoms with E-state index < -0.39 is 23.9 Å². The standard InChI is InChI=1S/C14H23N3O4/c15-12(18)8-10(13(19)20)16-14(21)17-7-3-6-11(17)9-4-1-2-5-9/h9-11H,1-8H2,(H2,15,18)(H,16,21)(H,19,20). The van der Waals surface area contributed by atoms with Crippen LogP contribution in [0.5, 0.6) is 0 Å². The number of hydrogen-bond donors (Lipinski definition) is 3. The Hall–Kier alpha value is -1.79. The van der Waals surface area contributed by atoms with Crippen molar-refractivity contribution in [1.29, 1.82) is 0 Å². The van der Waals surface area contributed by atoms with E-state index in [-0.39, 0.29) is 12.5 Å². The first-order chi connectivity index (χ1) is 9.99. The zero-order valence-corrected chi connectivity index (χ0v) is 12.1. The van der Waals surface area contributed by atoms with Crippen LogP contribution in [-0.2, 0) is 9.59 Å². The number of carbonyl (C=O) groups excluding carboxylic acids is 2. The van der Waals surface area contributed by atoms with Crippen LogP contribution in [0.25, 0.3) is 0 Å². The van der Waals surface area contributed by atoms with E-state index in [1.807, 2.05) is 0 Å². The lowest BCUT2D eigenvalue weighted by Crippen LogP contribution is -2.51. The molecule has 4 N–H and O–H groups in total. The fourth-order valence-corrected chi connectivity index (χ4v) is 3.51. The molecule has 0 aromatic rings. The van der Waals surface area contributed by atoms with E-state index in [4.69, 9.17) is 10.8 Å². The van der Waals surface area contributed by atoms with Crippen molar-refractivity contribution in [3.63, 3.8) is 0 Å².